The summed E-state index contributed by atoms with van der Waals surface area (Å²) in [5.41, 5.74) is 2.73. The maximum Gasteiger partial charge on any atom is 0.262 e. The van der Waals surface area contributed by atoms with Crippen LogP contribution in [-0.2, 0) is 15.4 Å². The van der Waals surface area contributed by atoms with E-state index in [0.717, 1.165) is 11.3 Å². The van der Waals surface area contributed by atoms with Crippen molar-refractivity contribution in [2.45, 2.75) is 24.9 Å². The van der Waals surface area contributed by atoms with Crippen molar-refractivity contribution in [2.24, 2.45) is 5.90 Å². The summed E-state index contributed by atoms with van der Waals surface area (Å²) < 4.78 is 16.2. The molecule has 1 amide bonds. The molecule has 0 saturated carbocycles. The van der Waals surface area contributed by atoms with Gasteiger partial charge in [-0.3, -0.25) is 9.69 Å². The number of rotatable bonds is 3. The van der Waals surface area contributed by atoms with E-state index in [-0.39, 0.29) is 22.0 Å². The number of carbonyl (C=O) groups excluding carboxylic acids is 1. The number of benzene rings is 2. The summed E-state index contributed by atoms with van der Waals surface area (Å²) in [4.78, 5) is 14.8. The van der Waals surface area contributed by atoms with E-state index < -0.39 is 11.1 Å². The van der Waals surface area contributed by atoms with Gasteiger partial charge in [-0.2, -0.15) is 10.2 Å². The number of nitrogens with one attached hydrogen (secondary N) is 1. The van der Waals surface area contributed by atoms with Crippen LogP contribution < -0.4 is 16.1 Å². The summed E-state index contributed by atoms with van der Waals surface area (Å²) in [5.74, 6) is 4.76. The normalized spacial score (nSPS) is 18.1. The van der Waals surface area contributed by atoms with Gasteiger partial charge in [0.2, 0.25) is 11.1 Å². The van der Waals surface area contributed by atoms with Crippen LogP contribution >= 0.6 is 11.6 Å². The molecule has 24 heavy (non-hydrogen) atoms. The number of fused-ring (bicyclic) bond motifs is 1. The van der Waals surface area contributed by atoms with Gasteiger partial charge in [0.05, 0.1) is 21.2 Å². The molecule has 0 radical (unpaired) electrons. The fourth-order valence-corrected chi connectivity index (χ4v) is 3.66. The molecule has 0 aromatic heterocycles. The Morgan fingerprint density at radius 3 is 2.71 bits per heavy atom. The molecule has 3 N–H and O–H groups in total. The molecule has 3 rings (SSSR count). The lowest BCUT2D eigenvalue weighted by atomic mass is 10.1. The monoisotopic (exact) mass is 365 g/mol. The SMILES string of the molecule is Cc1ccccc1N1C(=O)c2cc(S(=O)ON)c(Cl)cc2N[C@H]1C. The number of hydrogen-bond donors (Lipinski definition) is 2. The summed E-state index contributed by atoms with van der Waals surface area (Å²) in [7, 11) is 0. The topological polar surface area (TPSA) is 84.7 Å². The standard InChI is InChI=1S/C16H16ClN3O3S/c1-9-5-3-4-6-14(9)20-10(2)19-13-8-12(17)15(24(22)23-18)7-11(13)16(20)21/h3-8,10,19H,18H2,1-2H3/t10-,24?/m1/s1. The highest BCUT2D eigenvalue weighted by molar-refractivity contribution is 7.80. The first-order chi connectivity index (χ1) is 11.4. The second-order valence-electron chi connectivity index (χ2n) is 5.44. The molecule has 1 unspecified atom stereocenters. The second kappa shape index (κ2) is 6.52. The number of amides is 1. The fourth-order valence-electron chi connectivity index (χ4n) is 2.78. The van der Waals surface area contributed by atoms with E-state index in [9.17, 15) is 9.00 Å². The quantitative estimate of drug-likeness (QED) is 0.817. The van der Waals surface area contributed by atoms with Crippen molar-refractivity contribution in [2.75, 3.05) is 10.2 Å². The van der Waals surface area contributed by atoms with Crippen LogP contribution in [-0.4, -0.2) is 16.3 Å². The largest absolute Gasteiger partial charge is 0.364 e. The molecule has 126 valence electrons. The Morgan fingerprint density at radius 2 is 2.04 bits per heavy atom. The van der Waals surface area contributed by atoms with Crippen molar-refractivity contribution >= 4 is 40.0 Å². The van der Waals surface area contributed by atoms with Crippen molar-refractivity contribution in [3.05, 3.63) is 52.5 Å². The zero-order chi connectivity index (χ0) is 17.4. The number of anilines is 2. The molecular formula is C16H16ClN3O3S. The smallest absolute Gasteiger partial charge is 0.262 e. The summed E-state index contributed by atoms with van der Waals surface area (Å²) >= 11 is 4.18. The lowest BCUT2D eigenvalue weighted by molar-refractivity contribution is 0.0976. The highest BCUT2D eigenvalue weighted by atomic mass is 35.5. The Bertz CT molecular complexity index is 843. The molecular weight excluding hydrogens is 350 g/mol. The molecule has 2 atom stereocenters. The summed E-state index contributed by atoms with van der Waals surface area (Å²) in [6.07, 6.45) is -0.260. The summed E-state index contributed by atoms with van der Waals surface area (Å²) in [6.45, 7) is 3.83. The van der Waals surface area contributed by atoms with Gasteiger partial charge in [-0.25, -0.2) is 4.21 Å². The van der Waals surface area contributed by atoms with Gasteiger partial charge < -0.3 is 5.32 Å². The lowest BCUT2D eigenvalue weighted by Crippen LogP contribution is -2.47. The molecule has 0 saturated heterocycles. The molecule has 2 aromatic rings. The average molecular weight is 366 g/mol. The van der Waals surface area contributed by atoms with E-state index in [4.69, 9.17) is 17.5 Å². The van der Waals surface area contributed by atoms with Gasteiger partial charge in [-0.1, -0.05) is 29.8 Å². The van der Waals surface area contributed by atoms with E-state index in [1.54, 1.807) is 11.0 Å². The van der Waals surface area contributed by atoms with Gasteiger partial charge in [-0.05, 0) is 37.6 Å². The molecule has 0 aliphatic carbocycles. The Labute approximate surface area is 147 Å². The van der Waals surface area contributed by atoms with Crippen LogP contribution in [0.15, 0.2) is 41.3 Å². The number of nitrogens with zero attached hydrogens (tertiary/aromatic N) is 1. The number of carbonyl (C=O) groups is 1. The first-order valence-electron chi connectivity index (χ1n) is 7.22. The first-order valence-corrected chi connectivity index (χ1v) is 8.67. The van der Waals surface area contributed by atoms with Crippen molar-refractivity contribution < 1.29 is 13.3 Å². The Kier molecular flexibility index (Phi) is 4.60. The van der Waals surface area contributed by atoms with Gasteiger partial charge in [0.1, 0.15) is 6.17 Å². The van der Waals surface area contributed by atoms with Crippen LogP contribution in [0.4, 0.5) is 11.4 Å². The molecule has 1 aliphatic heterocycles. The predicted octanol–water partition coefficient (Wildman–Crippen LogP) is 2.98. The van der Waals surface area contributed by atoms with Gasteiger partial charge in [0, 0.05) is 5.69 Å². The maximum atomic E-state index is 13.0. The van der Waals surface area contributed by atoms with Crippen LogP contribution in [0.5, 0.6) is 0 Å². The van der Waals surface area contributed by atoms with Crippen molar-refractivity contribution in [3.8, 4) is 0 Å². The predicted molar refractivity (Wildman–Crippen MR) is 94.2 cm³/mol. The van der Waals surface area contributed by atoms with Crippen molar-refractivity contribution in [3.63, 3.8) is 0 Å². The minimum Gasteiger partial charge on any atom is -0.364 e. The van der Waals surface area contributed by atoms with Gasteiger partial charge in [0.25, 0.3) is 5.91 Å². The molecule has 6 nitrogen and oxygen atoms in total. The Hall–Kier alpha value is -1.93. The van der Waals surface area contributed by atoms with E-state index >= 15 is 0 Å². The number of aryl methyl sites for hydroxylation is 1. The molecule has 8 heteroatoms. The minimum atomic E-state index is -1.94. The fraction of sp³-hybridized carbons (Fsp3) is 0.188. The molecule has 0 spiro atoms. The second-order valence-corrected chi connectivity index (χ2v) is 6.95. The third-order valence-corrected chi connectivity index (χ3v) is 5.21. The first kappa shape index (κ1) is 16.9. The number of halogens is 1. The third kappa shape index (κ3) is 2.80. The van der Waals surface area contributed by atoms with Crippen LogP contribution in [0.1, 0.15) is 22.8 Å². The van der Waals surface area contributed by atoms with Crippen LogP contribution in [0.3, 0.4) is 0 Å². The number of hydrogen-bond acceptors (Lipinski definition) is 5. The van der Waals surface area contributed by atoms with Gasteiger partial charge in [0.15, 0.2) is 0 Å². The van der Waals surface area contributed by atoms with E-state index in [1.807, 2.05) is 38.1 Å². The molecule has 2 aromatic carbocycles. The summed E-state index contributed by atoms with van der Waals surface area (Å²) in [6, 6.07) is 10.6. The zero-order valence-corrected chi connectivity index (χ0v) is 14.6. The summed E-state index contributed by atoms with van der Waals surface area (Å²) in [5, 5.41) is 3.46. The van der Waals surface area contributed by atoms with Crippen LogP contribution in [0.25, 0.3) is 0 Å². The van der Waals surface area contributed by atoms with Crippen LogP contribution in [0.2, 0.25) is 5.02 Å². The molecule has 0 bridgehead atoms. The molecule has 1 aliphatic rings. The Balaban J connectivity index is 2.11. The van der Waals surface area contributed by atoms with Crippen LogP contribution in [0, 0.1) is 6.92 Å². The van der Waals surface area contributed by atoms with E-state index in [2.05, 4.69) is 9.60 Å². The van der Waals surface area contributed by atoms with Gasteiger partial charge >= 0.3 is 0 Å². The van der Waals surface area contributed by atoms with Crippen molar-refractivity contribution in [1.82, 2.24) is 0 Å². The van der Waals surface area contributed by atoms with Gasteiger partial charge in [-0.15, -0.1) is 0 Å². The molecule has 1 heterocycles. The molecule has 0 fully saturated rings. The number of para-hydroxylation sites is 1. The minimum absolute atomic E-state index is 0.160. The highest BCUT2D eigenvalue weighted by Gasteiger charge is 2.32. The Morgan fingerprint density at radius 1 is 1.33 bits per heavy atom. The highest BCUT2D eigenvalue weighted by Crippen LogP contribution is 2.35. The zero-order valence-electron chi connectivity index (χ0n) is 13.1. The number of nitrogens with two attached hydrogens (primary N) is 1. The van der Waals surface area contributed by atoms with E-state index in [1.165, 1.54) is 6.07 Å². The lowest BCUT2D eigenvalue weighted by Gasteiger charge is -2.37. The van der Waals surface area contributed by atoms with E-state index in [0.29, 0.717) is 11.3 Å². The maximum absolute atomic E-state index is 13.0. The average Bonchev–Trinajstić information content (AvgIpc) is 2.55. The third-order valence-electron chi connectivity index (χ3n) is 3.91. The van der Waals surface area contributed by atoms with Crippen molar-refractivity contribution in [1.29, 1.82) is 0 Å².